The predicted molar refractivity (Wildman–Crippen MR) is 114 cm³/mol. The normalized spacial score (nSPS) is 22.9. The second-order valence-electron chi connectivity index (χ2n) is 7.53. The molecule has 0 N–H and O–H groups in total. The van der Waals surface area contributed by atoms with Crippen LogP contribution in [0.1, 0.15) is 39.8 Å². The number of hydrogen-bond acceptors (Lipinski definition) is 2. The Balaban J connectivity index is 1.35. The lowest BCUT2D eigenvalue weighted by molar-refractivity contribution is 0.599. The third-order valence-electron chi connectivity index (χ3n) is 6.13. The van der Waals surface area contributed by atoms with Crippen LogP contribution in [-0.2, 0) is 12.8 Å². The van der Waals surface area contributed by atoms with Gasteiger partial charge in [0.1, 0.15) is 0 Å². The lowest BCUT2D eigenvalue weighted by Crippen LogP contribution is -2.26. The molecule has 2 heterocycles. The highest BCUT2D eigenvalue weighted by molar-refractivity contribution is 8.03. The first-order valence-corrected chi connectivity index (χ1v) is 11.3. The van der Waals surface area contributed by atoms with Crippen molar-refractivity contribution in [1.82, 2.24) is 0 Å². The zero-order valence-corrected chi connectivity index (χ0v) is 16.2. The van der Waals surface area contributed by atoms with Crippen molar-refractivity contribution in [1.29, 1.82) is 0 Å². The van der Waals surface area contributed by atoms with Crippen LogP contribution in [0, 0.1) is 0 Å². The van der Waals surface area contributed by atoms with Gasteiger partial charge in [0.05, 0.1) is 0 Å². The van der Waals surface area contributed by atoms with Crippen LogP contribution >= 0.6 is 23.1 Å². The highest BCUT2D eigenvalue weighted by Gasteiger charge is 2.43. The molecule has 0 nitrogen and oxygen atoms in total. The van der Waals surface area contributed by atoms with E-state index < -0.39 is 0 Å². The maximum Gasteiger partial charge on any atom is 0.0348 e. The van der Waals surface area contributed by atoms with Crippen LogP contribution in [0.2, 0.25) is 0 Å². The Bertz CT molecular complexity index is 1070. The largest absolute Gasteiger partial charge is 0.140 e. The fourth-order valence-electron chi connectivity index (χ4n) is 4.90. The molecule has 6 rings (SSSR count). The van der Waals surface area contributed by atoms with Crippen LogP contribution in [0.25, 0.3) is 10.1 Å². The van der Waals surface area contributed by atoms with E-state index in [0.29, 0.717) is 11.8 Å². The highest BCUT2D eigenvalue weighted by Crippen LogP contribution is 2.60. The second kappa shape index (κ2) is 5.87. The first kappa shape index (κ1) is 15.3. The van der Waals surface area contributed by atoms with Gasteiger partial charge >= 0.3 is 0 Å². The molecule has 0 amide bonds. The van der Waals surface area contributed by atoms with Gasteiger partial charge in [-0.15, -0.1) is 23.1 Å². The van der Waals surface area contributed by atoms with E-state index in [1.807, 2.05) is 23.1 Å². The monoisotopic (exact) mass is 372 g/mol. The zero-order valence-electron chi connectivity index (χ0n) is 14.6. The minimum atomic E-state index is 0.628. The van der Waals surface area contributed by atoms with Crippen molar-refractivity contribution in [3.05, 3.63) is 92.7 Å². The summed E-state index contributed by atoms with van der Waals surface area (Å²) in [5, 5.41) is 1.52. The molecule has 1 aromatic heterocycles. The molecule has 0 radical (unpaired) electrons. The molecule has 3 aliphatic rings. The highest BCUT2D eigenvalue weighted by atomic mass is 32.2. The Morgan fingerprint density at radius 2 is 1.92 bits per heavy atom. The SMILES string of the molecule is C1=CC2c3c(ccc4sc(CCc5ccccc5)cc34)C2C2=C1SCC2. The lowest BCUT2D eigenvalue weighted by Gasteiger charge is -2.42. The quantitative estimate of drug-likeness (QED) is 0.485. The molecule has 2 aromatic carbocycles. The molecule has 2 atom stereocenters. The van der Waals surface area contributed by atoms with E-state index in [1.54, 1.807) is 21.6 Å². The maximum atomic E-state index is 2.49. The van der Waals surface area contributed by atoms with Gasteiger partial charge in [0.15, 0.2) is 0 Å². The van der Waals surface area contributed by atoms with Crippen LogP contribution in [0.3, 0.4) is 0 Å². The second-order valence-corrected chi connectivity index (χ2v) is 9.83. The van der Waals surface area contributed by atoms with Gasteiger partial charge in [0, 0.05) is 32.1 Å². The van der Waals surface area contributed by atoms with Crippen LogP contribution in [0.4, 0.5) is 0 Å². The summed E-state index contributed by atoms with van der Waals surface area (Å²) < 4.78 is 1.47. The Morgan fingerprint density at radius 1 is 1.00 bits per heavy atom. The van der Waals surface area contributed by atoms with Crippen molar-refractivity contribution in [2.45, 2.75) is 31.1 Å². The van der Waals surface area contributed by atoms with E-state index in [1.165, 1.54) is 32.7 Å². The van der Waals surface area contributed by atoms with Gasteiger partial charge in [-0.2, -0.15) is 0 Å². The summed E-state index contributed by atoms with van der Waals surface area (Å²) in [6, 6.07) is 18.1. The molecule has 0 spiro atoms. The average Bonchev–Trinajstić information content (AvgIpc) is 3.28. The van der Waals surface area contributed by atoms with Crippen molar-refractivity contribution < 1.29 is 0 Å². The number of hydrogen-bond donors (Lipinski definition) is 0. The number of aryl methyl sites for hydroxylation is 2. The van der Waals surface area contributed by atoms with Gasteiger partial charge in [0.2, 0.25) is 0 Å². The van der Waals surface area contributed by atoms with Gasteiger partial charge in [0.25, 0.3) is 0 Å². The maximum absolute atomic E-state index is 2.49. The Hall–Kier alpha value is -1.77. The van der Waals surface area contributed by atoms with E-state index >= 15 is 0 Å². The summed E-state index contributed by atoms with van der Waals surface area (Å²) in [6.07, 6.45) is 8.45. The molecule has 2 unspecified atom stereocenters. The number of thiophene rings is 1. The smallest absolute Gasteiger partial charge is 0.0348 e. The van der Waals surface area contributed by atoms with Crippen molar-refractivity contribution in [3.8, 4) is 0 Å². The van der Waals surface area contributed by atoms with E-state index in [9.17, 15) is 0 Å². The zero-order chi connectivity index (χ0) is 17.1. The van der Waals surface area contributed by atoms with E-state index in [0.717, 1.165) is 12.8 Å². The van der Waals surface area contributed by atoms with Gasteiger partial charge in [-0.05, 0) is 59.0 Å². The molecule has 128 valence electrons. The Morgan fingerprint density at radius 3 is 2.85 bits per heavy atom. The minimum Gasteiger partial charge on any atom is -0.140 e. The first-order valence-electron chi connectivity index (χ1n) is 9.52. The number of thioether (sulfide) groups is 1. The first-order chi connectivity index (χ1) is 12.9. The van der Waals surface area contributed by atoms with Crippen molar-refractivity contribution in [2.24, 2.45) is 0 Å². The Kier molecular flexibility index (Phi) is 3.45. The van der Waals surface area contributed by atoms with Crippen molar-refractivity contribution >= 4 is 33.2 Å². The standard InChI is InChI=1S/C24H20S2/c1-2-4-15(5-3-1)6-7-16-14-20-22(26-16)11-9-19-23-17-12-13-25-21(17)10-8-18(23)24(19)20/h1-5,8-11,14,18,23H,6-7,12-13H2. The lowest BCUT2D eigenvalue weighted by atomic mass is 9.61. The average molecular weight is 373 g/mol. The molecule has 0 fully saturated rings. The summed E-state index contributed by atoms with van der Waals surface area (Å²) in [7, 11) is 0. The number of allylic oxidation sites excluding steroid dienone is 3. The minimum absolute atomic E-state index is 0.628. The number of fused-ring (bicyclic) bond motifs is 7. The van der Waals surface area contributed by atoms with Gasteiger partial charge in [-0.1, -0.05) is 48.6 Å². The summed E-state index contributed by atoms with van der Waals surface area (Å²) in [4.78, 5) is 3.09. The molecule has 2 aliphatic carbocycles. The van der Waals surface area contributed by atoms with E-state index in [4.69, 9.17) is 0 Å². The third kappa shape index (κ3) is 2.22. The summed E-state index contributed by atoms with van der Waals surface area (Å²) in [6.45, 7) is 0. The van der Waals surface area contributed by atoms with Gasteiger partial charge in [-0.25, -0.2) is 0 Å². The molecule has 26 heavy (non-hydrogen) atoms. The summed E-state index contributed by atoms with van der Waals surface area (Å²) in [5.74, 6) is 2.58. The molecule has 3 aromatic rings. The summed E-state index contributed by atoms with van der Waals surface area (Å²) >= 11 is 4.04. The molecular formula is C24H20S2. The van der Waals surface area contributed by atoms with Crippen LogP contribution in [0.15, 0.2) is 71.2 Å². The third-order valence-corrected chi connectivity index (χ3v) is 8.41. The Labute approximate surface area is 162 Å². The number of benzene rings is 2. The van der Waals surface area contributed by atoms with E-state index in [2.05, 4.69) is 60.7 Å². The van der Waals surface area contributed by atoms with Crippen LogP contribution in [-0.4, -0.2) is 5.75 Å². The molecule has 2 heteroatoms. The van der Waals surface area contributed by atoms with E-state index in [-0.39, 0.29) is 0 Å². The molecular weight excluding hydrogens is 352 g/mol. The fourth-order valence-corrected chi connectivity index (χ4v) is 7.11. The fraction of sp³-hybridized carbons (Fsp3) is 0.250. The molecule has 0 bridgehead atoms. The molecule has 0 saturated heterocycles. The topological polar surface area (TPSA) is 0 Å². The van der Waals surface area contributed by atoms with Crippen molar-refractivity contribution in [3.63, 3.8) is 0 Å². The van der Waals surface area contributed by atoms with Gasteiger partial charge in [-0.3, -0.25) is 0 Å². The summed E-state index contributed by atoms with van der Waals surface area (Å²) in [5.41, 5.74) is 6.38. The van der Waals surface area contributed by atoms with Gasteiger partial charge < -0.3 is 0 Å². The molecule has 0 saturated carbocycles. The predicted octanol–water partition coefficient (Wildman–Crippen LogP) is 6.83. The van der Waals surface area contributed by atoms with Crippen LogP contribution in [0.5, 0.6) is 0 Å². The van der Waals surface area contributed by atoms with Crippen molar-refractivity contribution in [2.75, 3.05) is 5.75 Å². The molecule has 1 aliphatic heterocycles. The van der Waals surface area contributed by atoms with Crippen LogP contribution < -0.4 is 0 Å². The number of rotatable bonds is 3.